The Morgan fingerprint density at radius 2 is 1.65 bits per heavy atom. The van der Waals surface area contributed by atoms with Gasteiger partial charge in [-0.15, -0.1) is 0 Å². The summed E-state index contributed by atoms with van der Waals surface area (Å²) in [6.45, 7) is 4.77. The van der Waals surface area contributed by atoms with Crippen molar-refractivity contribution in [2.75, 3.05) is 31.1 Å². The van der Waals surface area contributed by atoms with Gasteiger partial charge in [0.15, 0.2) is 0 Å². The highest BCUT2D eigenvalue weighted by Gasteiger charge is 2.26. The molecule has 2 N–H and O–H groups in total. The van der Waals surface area contributed by atoms with Gasteiger partial charge in [-0.05, 0) is 31.9 Å². The fraction of sp³-hybridized carbons (Fsp3) is 0.600. The summed E-state index contributed by atoms with van der Waals surface area (Å²) in [6.07, 6.45) is 5.67. The van der Waals surface area contributed by atoms with Gasteiger partial charge in [0.25, 0.3) is 0 Å². The summed E-state index contributed by atoms with van der Waals surface area (Å²) in [5.41, 5.74) is 1.19. The molecule has 0 unspecified atom stereocenters. The molecule has 1 saturated heterocycles. The van der Waals surface area contributed by atoms with E-state index in [4.69, 9.17) is 0 Å². The Balaban J connectivity index is 1.43. The quantitative estimate of drug-likeness (QED) is 0.868. The summed E-state index contributed by atoms with van der Waals surface area (Å²) in [5, 5.41) is 5.82. The molecule has 2 fully saturated rings. The molecule has 1 aliphatic carbocycles. The highest BCUT2D eigenvalue weighted by Crippen LogP contribution is 2.17. The van der Waals surface area contributed by atoms with E-state index < -0.39 is 6.04 Å². The molecule has 1 aliphatic heterocycles. The second kappa shape index (κ2) is 8.92. The topological polar surface area (TPSA) is 64.7 Å². The summed E-state index contributed by atoms with van der Waals surface area (Å²) in [5.74, 6) is -0.00324. The summed E-state index contributed by atoms with van der Waals surface area (Å²) in [7, 11) is 0. The molecule has 142 valence electrons. The summed E-state index contributed by atoms with van der Waals surface area (Å²) in [6, 6.07) is 9.79. The standard InChI is InChI=1S/C20H30N4O2/c1-16(21-20(26)22-17-8-4-2-5-9-17)19(25)24-14-12-23(13-15-24)18-10-6-3-7-11-18/h3,6-7,10-11,16-17H,2,4-5,8-9,12-15H2,1H3,(H2,21,22,26)/t16-/m0/s1. The van der Waals surface area contributed by atoms with E-state index in [1.807, 2.05) is 23.1 Å². The van der Waals surface area contributed by atoms with Crippen molar-refractivity contribution in [1.82, 2.24) is 15.5 Å². The van der Waals surface area contributed by atoms with E-state index in [-0.39, 0.29) is 18.0 Å². The molecule has 1 heterocycles. The molecule has 0 aromatic heterocycles. The predicted octanol–water partition coefficient (Wildman–Crippen LogP) is 2.36. The highest BCUT2D eigenvalue weighted by atomic mass is 16.2. The fourth-order valence-electron chi connectivity index (χ4n) is 3.83. The summed E-state index contributed by atoms with van der Waals surface area (Å²) < 4.78 is 0. The van der Waals surface area contributed by atoms with E-state index in [0.717, 1.165) is 25.9 Å². The van der Waals surface area contributed by atoms with Gasteiger partial charge in [-0.25, -0.2) is 4.79 Å². The van der Waals surface area contributed by atoms with Crippen LogP contribution in [0.3, 0.4) is 0 Å². The lowest BCUT2D eigenvalue weighted by Gasteiger charge is -2.37. The third-order valence-corrected chi connectivity index (χ3v) is 5.37. The average Bonchev–Trinajstić information content (AvgIpc) is 2.69. The van der Waals surface area contributed by atoms with Crippen LogP contribution in [0.15, 0.2) is 30.3 Å². The number of nitrogens with one attached hydrogen (secondary N) is 2. The first-order valence-corrected chi connectivity index (χ1v) is 9.79. The molecule has 0 spiro atoms. The van der Waals surface area contributed by atoms with Crippen LogP contribution in [0.25, 0.3) is 0 Å². The lowest BCUT2D eigenvalue weighted by molar-refractivity contribution is -0.133. The Morgan fingerprint density at radius 1 is 1.00 bits per heavy atom. The van der Waals surface area contributed by atoms with E-state index in [1.54, 1.807) is 6.92 Å². The zero-order valence-corrected chi connectivity index (χ0v) is 15.6. The molecule has 2 aliphatic rings. The SMILES string of the molecule is C[C@H](NC(=O)NC1CCCCC1)C(=O)N1CCN(c2ccccc2)CC1. The number of urea groups is 1. The van der Waals surface area contributed by atoms with E-state index in [1.165, 1.54) is 24.9 Å². The first kappa shape index (κ1) is 18.5. The molecule has 1 aromatic rings. The molecule has 3 rings (SSSR count). The van der Waals surface area contributed by atoms with Crippen LogP contribution in [0, 0.1) is 0 Å². The Hall–Kier alpha value is -2.24. The zero-order chi connectivity index (χ0) is 18.4. The Bertz CT molecular complexity index is 593. The minimum absolute atomic E-state index is 0.00324. The van der Waals surface area contributed by atoms with Crippen molar-refractivity contribution in [1.29, 1.82) is 0 Å². The average molecular weight is 358 g/mol. The Labute approximate surface area is 155 Å². The lowest BCUT2D eigenvalue weighted by Crippen LogP contribution is -2.56. The van der Waals surface area contributed by atoms with Gasteiger partial charge in [0, 0.05) is 37.9 Å². The van der Waals surface area contributed by atoms with E-state index in [9.17, 15) is 9.59 Å². The van der Waals surface area contributed by atoms with Gasteiger partial charge >= 0.3 is 6.03 Å². The normalized spacial score (nSPS) is 19.7. The van der Waals surface area contributed by atoms with Crippen LogP contribution < -0.4 is 15.5 Å². The van der Waals surface area contributed by atoms with Crippen LogP contribution in [-0.2, 0) is 4.79 Å². The van der Waals surface area contributed by atoms with Crippen molar-refractivity contribution in [2.24, 2.45) is 0 Å². The van der Waals surface area contributed by atoms with Crippen molar-refractivity contribution in [3.8, 4) is 0 Å². The summed E-state index contributed by atoms with van der Waals surface area (Å²) >= 11 is 0. The monoisotopic (exact) mass is 358 g/mol. The number of amides is 3. The number of anilines is 1. The highest BCUT2D eigenvalue weighted by molar-refractivity contribution is 5.87. The predicted molar refractivity (Wildman–Crippen MR) is 103 cm³/mol. The van der Waals surface area contributed by atoms with E-state index >= 15 is 0 Å². The number of rotatable bonds is 4. The number of carbonyl (C=O) groups excluding carboxylic acids is 2. The molecule has 6 nitrogen and oxygen atoms in total. The molecule has 26 heavy (non-hydrogen) atoms. The van der Waals surface area contributed by atoms with Crippen molar-refractivity contribution in [3.63, 3.8) is 0 Å². The number of hydrogen-bond donors (Lipinski definition) is 2. The van der Waals surface area contributed by atoms with Gasteiger partial charge in [-0.1, -0.05) is 37.5 Å². The molecular weight excluding hydrogens is 328 g/mol. The smallest absolute Gasteiger partial charge is 0.315 e. The largest absolute Gasteiger partial charge is 0.368 e. The van der Waals surface area contributed by atoms with Crippen LogP contribution in [0.4, 0.5) is 10.5 Å². The Morgan fingerprint density at radius 3 is 2.31 bits per heavy atom. The van der Waals surface area contributed by atoms with Crippen molar-refractivity contribution >= 4 is 17.6 Å². The van der Waals surface area contributed by atoms with Crippen molar-refractivity contribution in [3.05, 3.63) is 30.3 Å². The number of carbonyl (C=O) groups is 2. The molecule has 3 amide bonds. The number of para-hydroxylation sites is 1. The second-order valence-electron chi connectivity index (χ2n) is 7.32. The van der Waals surface area contributed by atoms with Gasteiger partial charge in [-0.3, -0.25) is 4.79 Å². The number of benzene rings is 1. The third-order valence-electron chi connectivity index (χ3n) is 5.37. The third kappa shape index (κ3) is 4.90. The molecule has 1 aromatic carbocycles. The van der Waals surface area contributed by atoms with Crippen LogP contribution >= 0.6 is 0 Å². The van der Waals surface area contributed by atoms with Gasteiger partial charge in [-0.2, -0.15) is 0 Å². The zero-order valence-electron chi connectivity index (χ0n) is 15.6. The number of nitrogens with zero attached hydrogens (tertiary/aromatic N) is 2. The molecule has 1 atom stereocenters. The summed E-state index contributed by atoms with van der Waals surface area (Å²) in [4.78, 5) is 28.9. The van der Waals surface area contributed by atoms with Crippen molar-refractivity contribution in [2.45, 2.75) is 51.1 Å². The maximum atomic E-state index is 12.6. The molecular formula is C20H30N4O2. The maximum absolute atomic E-state index is 12.6. The number of hydrogen-bond acceptors (Lipinski definition) is 3. The Kier molecular flexibility index (Phi) is 6.36. The van der Waals surface area contributed by atoms with Gasteiger partial charge in [0.2, 0.25) is 5.91 Å². The van der Waals surface area contributed by atoms with E-state index in [2.05, 4.69) is 27.7 Å². The second-order valence-corrected chi connectivity index (χ2v) is 7.32. The first-order valence-electron chi connectivity index (χ1n) is 9.79. The number of piperazine rings is 1. The first-order chi connectivity index (χ1) is 12.6. The van der Waals surface area contributed by atoms with E-state index in [0.29, 0.717) is 13.1 Å². The fourth-order valence-corrected chi connectivity index (χ4v) is 3.83. The molecule has 1 saturated carbocycles. The van der Waals surface area contributed by atoms with Crippen LogP contribution in [0.5, 0.6) is 0 Å². The van der Waals surface area contributed by atoms with Gasteiger partial charge in [0.1, 0.15) is 6.04 Å². The van der Waals surface area contributed by atoms with Gasteiger partial charge in [0.05, 0.1) is 0 Å². The van der Waals surface area contributed by atoms with Crippen molar-refractivity contribution < 1.29 is 9.59 Å². The molecule has 0 bridgehead atoms. The minimum atomic E-state index is -0.498. The van der Waals surface area contributed by atoms with Crippen LogP contribution in [0.2, 0.25) is 0 Å². The van der Waals surface area contributed by atoms with Gasteiger partial charge < -0.3 is 20.4 Å². The van der Waals surface area contributed by atoms with Crippen LogP contribution in [0.1, 0.15) is 39.0 Å². The maximum Gasteiger partial charge on any atom is 0.315 e. The molecule has 0 radical (unpaired) electrons. The molecule has 6 heteroatoms. The lowest BCUT2D eigenvalue weighted by atomic mass is 9.96. The van der Waals surface area contributed by atoms with Crippen LogP contribution in [-0.4, -0.2) is 55.1 Å². The minimum Gasteiger partial charge on any atom is -0.368 e.